The second-order valence-corrected chi connectivity index (χ2v) is 9.46. The number of aliphatic hydroxyl groups excluding tert-OH is 1. The normalized spacial score (nSPS) is 19.5. The SMILES string of the molecule is C[Si](C)(C)C#CN1CCC(O)CC1. The molecule has 1 aliphatic heterocycles. The molecule has 13 heavy (non-hydrogen) atoms. The molecule has 3 heteroatoms. The molecule has 0 spiro atoms. The van der Waals surface area contributed by atoms with Crippen LogP contribution < -0.4 is 0 Å². The third-order valence-electron chi connectivity index (χ3n) is 2.05. The predicted octanol–water partition coefficient (Wildman–Crippen LogP) is 1.28. The third-order valence-corrected chi connectivity index (χ3v) is 2.92. The quantitative estimate of drug-likeness (QED) is 0.467. The summed E-state index contributed by atoms with van der Waals surface area (Å²) in [6.07, 6.45) is 1.66. The predicted molar refractivity (Wildman–Crippen MR) is 57.9 cm³/mol. The average Bonchev–Trinajstić information content (AvgIpc) is 2.02. The van der Waals surface area contributed by atoms with Crippen LogP contribution in [0.3, 0.4) is 0 Å². The maximum Gasteiger partial charge on any atom is 0.131 e. The number of likely N-dealkylation sites (tertiary alicyclic amines) is 1. The highest BCUT2D eigenvalue weighted by molar-refractivity contribution is 6.83. The molecule has 74 valence electrons. The van der Waals surface area contributed by atoms with Gasteiger partial charge in [0.2, 0.25) is 0 Å². The summed E-state index contributed by atoms with van der Waals surface area (Å²) in [5, 5.41) is 9.29. The van der Waals surface area contributed by atoms with Crippen molar-refractivity contribution < 1.29 is 5.11 Å². The van der Waals surface area contributed by atoms with E-state index in [-0.39, 0.29) is 6.10 Å². The molecule has 1 aliphatic rings. The van der Waals surface area contributed by atoms with E-state index in [1.807, 2.05) is 0 Å². The lowest BCUT2D eigenvalue weighted by atomic mass is 10.1. The summed E-state index contributed by atoms with van der Waals surface area (Å²) in [6.45, 7) is 8.60. The van der Waals surface area contributed by atoms with Gasteiger partial charge in [-0.15, -0.1) is 5.54 Å². The van der Waals surface area contributed by atoms with E-state index in [9.17, 15) is 5.11 Å². The van der Waals surface area contributed by atoms with Crippen molar-refractivity contribution in [1.29, 1.82) is 0 Å². The van der Waals surface area contributed by atoms with Crippen molar-refractivity contribution in [3.05, 3.63) is 0 Å². The fraction of sp³-hybridized carbons (Fsp3) is 0.800. The van der Waals surface area contributed by atoms with Crippen LogP contribution in [0.25, 0.3) is 0 Å². The lowest BCUT2D eigenvalue weighted by Crippen LogP contribution is -2.33. The fourth-order valence-corrected chi connectivity index (χ4v) is 1.72. The van der Waals surface area contributed by atoms with Gasteiger partial charge in [-0.2, -0.15) is 0 Å². The van der Waals surface area contributed by atoms with Crippen molar-refractivity contribution in [2.24, 2.45) is 0 Å². The second kappa shape index (κ2) is 4.16. The van der Waals surface area contributed by atoms with Crippen LogP contribution in [-0.2, 0) is 0 Å². The molecule has 0 aromatic heterocycles. The van der Waals surface area contributed by atoms with Gasteiger partial charge in [0.15, 0.2) is 0 Å². The second-order valence-electron chi connectivity index (χ2n) is 4.71. The first-order valence-electron chi connectivity index (χ1n) is 4.93. The van der Waals surface area contributed by atoms with Gasteiger partial charge >= 0.3 is 0 Å². The molecule has 0 bridgehead atoms. The summed E-state index contributed by atoms with van der Waals surface area (Å²) < 4.78 is 0. The largest absolute Gasteiger partial charge is 0.393 e. The summed E-state index contributed by atoms with van der Waals surface area (Å²) in [4.78, 5) is 2.14. The van der Waals surface area contributed by atoms with Crippen molar-refractivity contribution >= 4 is 8.07 Å². The Hall–Kier alpha value is -0.463. The van der Waals surface area contributed by atoms with Crippen LogP contribution in [0.1, 0.15) is 12.8 Å². The minimum absolute atomic E-state index is 0.0927. The van der Waals surface area contributed by atoms with Crippen molar-refractivity contribution in [3.63, 3.8) is 0 Å². The molecule has 1 saturated heterocycles. The number of aliphatic hydroxyl groups is 1. The highest BCUT2D eigenvalue weighted by Crippen LogP contribution is 2.08. The molecule has 1 heterocycles. The van der Waals surface area contributed by atoms with Gasteiger partial charge in [0.25, 0.3) is 0 Å². The lowest BCUT2D eigenvalue weighted by Gasteiger charge is -2.26. The molecule has 0 radical (unpaired) electrons. The summed E-state index contributed by atoms with van der Waals surface area (Å²) in [6, 6.07) is 3.22. The summed E-state index contributed by atoms with van der Waals surface area (Å²) >= 11 is 0. The maximum absolute atomic E-state index is 9.29. The molecule has 0 amide bonds. The van der Waals surface area contributed by atoms with E-state index in [2.05, 4.69) is 36.1 Å². The van der Waals surface area contributed by atoms with Gasteiger partial charge in [0.05, 0.1) is 6.10 Å². The van der Waals surface area contributed by atoms with E-state index in [1.54, 1.807) is 0 Å². The number of nitrogens with zero attached hydrogens (tertiary/aromatic N) is 1. The van der Waals surface area contributed by atoms with Crippen LogP contribution >= 0.6 is 0 Å². The molecule has 0 atom stereocenters. The fourth-order valence-electron chi connectivity index (χ4n) is 1.22. The molecule has 0 unspecified atom stereocenters. The van der Waals surface area contributed by atoms with Crippen molar-refractivity contribution in [2.45, 2.75) is 38.6 Å². The van der Waals surface area contributed by atoms with E-state index in [4.69, 9.17) is 0 Å². The van der Waals surface area contributed by atoms with Gasteiger partial charge in [-0.05, 0) is 18.9 Å². The average molecular weight is 197 g/mol. The van der Waals surface area contributed by atoms with Gasteiger partial charge in [0, 0.05) is 13.1 Å². The minimum Gasteiger partial charge on any atom is -0.393 e. The zero-order chi connectivity index (χ0) is 9.90. The highest BCUT2D eigenvalue weighted by atomic mass is 28.3. The van der Waals surface area contributed by atoms with Crippen LogP contribution in [-0.4, -0.2) is 37.3 Å². The van der Waals surface area contributed by atoms with Gasteiger partial charge in [-0.1, -0.05) is 19.6 Å². The molecule has 1 rings (SSSR count). The molecule has 1 fully saturated rings. The third kappa shape index (κ3) is 4.35. The van der Waals surface area contributed by atoms with Crippen LogP contribution in [0.2, 0.25) is 19.6 Å². The molecule has 2 nitrogen and oxygen atoms in total. The van der Waals surface area contributed by atoms with E-state index in [1.165, 1.54) is 0 Å². The Morgan fingerprint density at radius 2 is 1.77 bits per heavy atom. The molecular weight excluding hydrogens is 178 g/mol. The van der Waals surface area contributed by atoms with Gasteiger partial charge in [-0.25, -0.2) is 0 Å². The van der Waals surface area contributed by atoms with Crippen LogP contribution in [0.15, 0.2) is 0 Å². The monoisotopic (exact) mass is 197 g/mol. The summed E-state index contributed by atoms with van der Waals surface area (Å²) in [5.41, 5.74) is 3.34. The van der Waals surface area contributed by atoms with Gasteiger partial charge in [-0.3, -0.25) is 0 Å². The number of hydrogen-bond acceptors (Lipinski definition) is 2. The van der Waals surface area contributed by atoms with E-state index >= 15 is 0 Å². The Morgan fingerprint density at radius 1 is 1.23 bits per heavy atom. The summed E-state index contributed by atoms with van der Waals surface area (Å²) in [5.74, 6) is 0. The Morgan fingerprint density at radius 3 is 2.23 bits per heavy atom. The van der Waals surface area contributed by atoms with Crippen LogP contribution in [0.5, 0.6) is 0 Å². The Balaban J connectivity index is 2.41. The number of rotatable bonds is 0. The minimum atomic E-state index is -1.22. The summed E-state index contributed by atoms with van der Waals surface area (Å²) in [7, 11) is -1.22. The first kappa shape index (κ1) is 10.6. The molecule has 0 aliphatic carbocycles. The first-order valence-corrected chi connectivity index (χ1v) is 8.43. The van der Waals surface area contributed by atoms with Crippen LogP contribution in [0, 0.1) is 11.6 Å². The molecule has 0 saturated carbocycles. The van der Waals surface area contributed by atoms with E-state index in [0.29, 0.717) is 0 Å². The first-order chi connectivity index (χ1) is 5.97. The lowest BCUT2D eigenvalue weighted by molar-refractivity contribution is 0.106. The Bertz CT molecular complexity index is 215. The zero-order valence-electron chi connectivity index (χ0n) is 8.80. The van der Waals surface area contributed by atoms with Gasteiger partial charge < -0.3 is 10.0 Å². The topological polar surface area (TPSA) is 23.5 Å². The standard InChI is InChI=1S/C10H19NOSi/c1-13(2,3)9-8-11-6-4-10(12)5-7-11/h10,12H,4-7H2,1-3H3. The van der Waals surface area contributed by atoms with Crippen molar-refractivity contribution in [3.8, 4) is 11.6 Å². The number of hydrogen-bond donors (Lipinski definition) is 1. The molecule has 0 aromatic carbocycles. The van der Waals surface area contributed by atoms with Gasteiger partial charge in [0.1, 0.15) is 8.07 Å². The Labute approximate surface area is 82.0 Å². The van der Waals surface area contributed by atoms with Crippen molar-refractivity contribution in [1.82, 2.24) is 4.90 Å². The molecular formula is C10H19NOSi. The smallest absolute Gasteiger partial charge is 0.131 e. The van der Waals surface area contributed by atoms with E-state index < -0.39 is 8.07 Å². The van der Waals surface area contributed by atoms with Crippen LogP contribution in [0.4, 0.5) is 0 Å². The van der Waals surface area contributed by atoms with E-state index in [0.717, 1.165) is 25.9 Å². The van der Waals surface area contributed by atoms with Crippen molar-refractivity contribution in [2.75, 3.05) is 13.1 Å². The maximum atomic E-state index is 9.29. The highest BCUT2D eigenvalue weighted by Gasteiger charge is 2.15. The zero-order valence-corrected chi connectivity index (χ0v) is 9.80. The number of piperidine rings is 1. The molecule has 0 aromatic rings. The molecule has 1 N–H and O–H groups in total. The Kier molecular flexibility index (Phi) is 3.40.